The second-order valence-corrected chi connectivity index (χ2v) is 5.97. The van der Waals surface area contributed by atoms with Crippen LogP contribution < -0.4 is 10.2 Å². The van der Waals surface area contributed by atoms with Crippen molar-refractivity contribution in [1.29, 1.82) is 0 Å². The summed E-state index contributed by atoms with van der Waals surface area (Å²) in [4.78, 5) is 2.19. The van der Waals surface area contributed by atoms with Gasteiger partial charge in [0.15, 0.2) is 0 Å². The maximum atomic E-state index is 3.78. The molecular weight excluding hydrogens is 232 g/mol. The average Bonchev–Trinajstić information content (AvgIpc) is 2.93. The van der Waals surface area contributed by atoms with Crippen LogP contribution in [-0.4, -0.2) is 20.6 Å². The summed E-state index contributed by atoms with van der Waals surface area (Å²) in [6.07, 6.45) is 6.78. The minimum absolute atomic E-state index is 0.544. The first-order valence-corrected chi connectivity index (χ1v) is 7.73. The Labute approximate surface area is 118 Å². The Balaban J connectivity index is 2.18. The van der Waals surface area contributed by atoms with E-state index in [-0.39, 0.29) is 0 Å². The highest BCUT2D eigenvalue weighted by Gasteiger charge is 2.25. The Morgan fingerprint density at radius 1 is 1.26 bits per heavy atom. The van der Waals surface area contributed by atoms with Crippen LogP contribution in [0.3, 0.4) is 0 Å². The molecule has 1 fully saturated rings. The van der Waals surface area contributed by atoms with Gasteiger partial charge in [-0.15, -0.1) is 0 Å². The molecule has 0 heterocycles. The normalized spacial score (nSPS) is 17.6. The van der Waals surface area contributed by atoms with Gasteiger partial charge in [0.1, 0.15) is 0 Å². The Kier molecular flexibility index (Phi) is 5.26. The molecule has 1 unspecified atom stereocenters. The van der Waals surface area contributed by atoms with Gasteiger partial charge in [0.05, 0.1) is 0 Å². The second-order valence-electron chi connectivity index (χ2n) is 5.97. The average molecular weight is 260 g/mol. The third-order valence-electron chi connectivity index (χ3n) is 4.23. The molecule has 2 heteroatoms. The van der Waals surface area contributed by atoms with Gasteiger partial charge in [-0.1, -0.05) is 31.9 Å². The molecule has 1 atom stereocenters. The first-order valence-electron chi connectivity index (χ1n) is 7.73. The van der Waals surface area contributed by atoms with Crippen LogP contribution >= 0.6 is 0 Å². The zero-order chi connectivity index (χ0) is 13.7. The Morgan fingerprint density at radius 2 is 2.00 bits per heavy atom. The number of rotatable bonds is 6. The molecule has 1 aliphatic carbocycles. The number of hydrogen-bond donors (Lipinski definition) is 1. The lowest BCUT2D eigenvalue weighted by molar-refractivity contribution is 0.368. The number of benzene rings is 1. The standard InChI is InChI=1S/C17H28N2/c1-4-12-18-17(14-8-5-6-9-14)15-10-7-11-16(13-15)19(2)3/h7,10-11,13-14,17-18H,4-6,8-9,12H2,1-3H3. The molecule has 0 aliphatic heterocycles. The van der Waals surface area contributed by atoms with Gasteiger partial charge >= 0.3 is 0 Å². The lowest BCUT2D eigenvalue weighted by Gasteiger charge is -2.26. The summed E-state index contributed by atoms with van der Waals surface area (Å²) < 4.78 is 0. The van der Waals surface area contributed by atoms with Crippen LogP contribution in [0.5, 0.6) is 0 Å². The Morgan fingerprint density at radius 3 is 2.63 bits per heavy atom. The fourth-order valence-electron chi connectivity index (χ4n) is 3.14. The SMILES string of the molecule is CCCNC(c1cccc(N(C)C)c1)C1CCCC1. The lowest BCUT2D eigenvalue weighted by atomic mass is 9.91. The highest BCUT2D eigenvalue weighted by Crippen LogP contribution is 2.36. The van der Waals surface area contributed by atoms with E-state index >= 15 is 0 Å². The number of nitrogens with zero attached hydrogens (tertiary/aromatic N) is 1. The molecule has 2 nitrogen and oxygen atoms in total. The van der Waals surface area contributed by atoms with Crippen LogP contribution in [0.1, 0.15) is 50.6 Å². The molecule has 0 saturated heterocycles. The van der Waals surface area contributed by atoms with E-state index in [4.69, 9.17) is 0 Å². The highest BCUT2D eigenvalue weighted by atomic mass is 15.1. The van der Waals surface area contributed by atoms with Crippen LogP contribution in [0, 0.1) is 5.92 Å². The van der Waals surface area contributed by atoms with E-state index < -0.39 is 0 Å². The molecule has 1 aromatic rings. The van der Waals surface area contributed by atoms with Gasteiger partial charge in [0.25, 0.3) is 0 Å². The van der Waals surface area contributed by atoms with Gasteiger partial charge in [0, 0.05) is 25.8 Å². The maximum Gasteiger partial charge on any atom is 0.0364 e. The fraction of sp³-hybridized carbons (Fsp3) is 0.647. The van der Waals surface area contributed by atoms with Crippen molar-refractivity contribution in [3.8, 4) is 0 Å². The van der Waals surface area contributed by atoms with Crippen molar-refractivity contribution in [2.45, 2.75) is 45.1 Å². The predicted molar refractivity (Wildman–Crippen MR) is 83.8 cm³/mol. The van der Waals surface area contributed by atoms with Crippen molar-refractivity contribution in [2.75, 3.05) is 25.5 Å². The van der Waals surface area contributed by atoms with E-state index in [0.717, 1.165) is 12.5 Å². The molecule has 2 rings (SSSR count). The van der Waals surface area contributed by atoms with Crippen molar-refractivity contribution in [3.05, 3.63) is 29.8 Å². The topological polar surface area (TPSA) is 15.3 Å². The summed E-state index contributed by atoms with van der Waals surface area (Å²) in [6, 6.07) is 9.57. The lowest BCUT2D eigenvalue weighted by Crippen LogP contribution is -2.28. The third kappa shape index (κ3) is 3.73. The van der Waals surface area contributed by atoms with E-state index in [1.54, 1.807) is 0 Å². The fourth-order valence-corrected chi connectivity index (χ4v) is 3.14. The predicted octanol–water partition coefficient (Wildman–Crippen LogP) is 3.98. The number of nitrogens with one attached hydrogen (secondary N) is 1. The van der Waals surface area contributed by atoms with E-state index in [0.29, 0.717) is 6.04 Å². The smallest absolute Gasteiger partial charge is 0.0364 e. The summed E-state index contributed by atoms with van der Waals surface area (Å²) in [5, 5.41) is 3.78. The number of hydrogen-bond acceptors (Lipinski definition) is 2. The molecule has 0 bridgehead atoms. The van der Waals surface area contributed by atoms with Gasteiger partial charge < -0.3 is 10.2 Å². The largest absolute Gasteiger partial charge is 0.378 e. The molecule has 19 heavy (non-hydrogen) atoms. The van der Waals surface area contributed by atoms with Crippen LogP contribution in [0.25, 0.3) is 0 Å². The highest BCUT2D eigenvalue weighted by molar-refractivity contribution is 5.48. The number of anilines is 1. The third-order valence-corrected chi connectivity index (χ3v) is 4.23. The first kappa shape index (κ1) is 14.4. The molecule has 1 aliphatic rings. The zero-order valence-electron chi connectivity index (χ0n) is 12.7. The quantitative estimate of drug-likeness (QED) is 0.832. The van der Waals surface area contributed by atoms with E-state index in [1.807, 2.05) is 0 Å². The maximum absolute atomic E-state index is 3.78. The molecule has 0 radical (unpaired) electrons. The minimum Gasteiger partial charge on any atom is -0.378 e. The molecule has 1 N–H and O–H groups in total. The summed E-state index contributed by atoms with van der Waals surface area (Å²) in [5.41, 5.74) is 2.77. The van der Waals surface area contributed by atoms with E-state index in [1.165, 1.54) is 43.4 Å². The van der Waals surface area contributed by atoms with Crippen LogP contribution in [0.15, 0.2) is 24.3 Å². The van der Waals surface area contributed by atoms with Crippen molar-refractivity contribution in [2.24, 2.45) is 5.92 Å². The molecular formula is C17H28N2. The molecule has 1 saturated carbocycles. The Bertz CT molecular complexity index is 381. The minimum atomic E-state index is 0.544. The van der Waals surface area contributed by atoms with Crippen LogP contribution in [0.2, 0.25) is 0 Å². The molecule has 1 aromatic carbocycles. The van der Waals surface area contributed by atoms with E-state index in [9.17, 15) is 0 Å². The van der Waals surface area contributed by atoms with Crippen molar-refractivity contribution < 1.29 is 0 Å². The second kappa shape index (κ2) is 6.95. The monoisotopic (exact) mass is 260 g/mol. The molecule has 0 aromatic heterocycles. The zero-order valence-corrected chi connectivity index (χ0v) is 12.7. The van der Waals surface area contributed by atoms with E-state index in [2.05, 4.69) is 55.5 Å². The van der Waals surface area contributed by atoms with Crippen LogP contribution in [-0.2, 0) is 0 Å². The molecule has 0 amide bonds. The Hall–Kier alpha value is -1.02. The van der Waals surface area contributed by atoms with Gasteiger partial charge in [-0.2, -0.15) is 0 Å². The summed E-state index contributed by atoms with van der Waals surface area (Å²) in [7, 11) is 4.23. The summed E-state index contributed by atoms with van der Waals surface area (Å²) >= 11 is 0. The molecule has 0 spiro atoms. The molecule has 106 valence electrons. The van der Waals surface area contributed by atoms with Gasteiger partial charge in [-0.3, -0.25) is 0 Å². The van der Waals surface area contributed by atoms with Crippen molar-refractivity contribution >= 4 is 5.69 Å². The van der Waals surface area contributed by atoms with Gasteiger partial charge in [-0.25, -0.2) is 0 Å². The van der Waals surface area contributed by atoms with Crippen molar-refractivity contribution in [1.82, 2.24) is 5.32 Å². The summed E-state index contributed by atoms with van der Waals surface area (Å²) in [5.74, 6) is 0.823. The van der Waals surface area contributed by atoms with Gasteiger partial charge in [-0.05, 0) is 49.4 Å². The first-order chi connectivity index (χ1) is 9.22. The van der Waals surface area contributed by atoms with Crippen LogP contribution in [0.4, 0.5) is 5.69 Å². The van der Waals surface area contributed by atoms with Gasteiger partial charge in [0.2, 0.25) is 0 Å². The summed E-state index contributed by atoms with van der Waals surface area (Å²) in [6.45, 7) is 3.36. The van der Waals surface area contributed by atoms with Crippen molar-refractivity contribution in [3.63, 3.8) is 0 Å².